The number of carbonyl (C=O) groups is 2. The molecule has 3 aromatic carbocycles. The largest absolute Gasteiger partial charge is 0.454 e. The lowest BCUT2D eigenvalue weighted by Crippen LogP contribution is -2.43. The maximum atomic E-state index is 13.5. The molecule has 0 aromatic heterocycles. The Kier molecular flexibility index (Phi) is 6.08. The summed E-state index contributed by atoms with van der Waals surface area (Å²) < 4.78 is 16.3. The van der Waals surface area contributed by atoms with E-state index in [2.05, 4.69) is 24.4 Å². The molecule has 2 fully saturated rings. The minimum atomic E-state index is -0.424. The summed E-state index contributed by atoms with van der Waals surface area (Å²) >= 11 is 0. The van der Waals surface area contributed by atoms with E-state index in [1.54, 1.807) is 4.90 Å². The molecule has 7 heteroatoms. The van der Waals surface area contributed by atoms with Crippen molar-refractivity contribution in [3.8, 4) is 22.6 Å². The summed E-state index contributed by atoms with van der Waals surface area (Å²) in [5.74, 6) is 1.70. The van der Waals surface area contributed by atoms with Gasteiger partial charge in [-0.3, -0.25) is 4.79 Å². The highest BCUT2D eigenvalue weighted by Gasteiger charge is 2.50. The van der Waals surface area contributed by atoms with E-state index >= 15 is 0 Å². The minimum Gasteiger partial charge on any atom is -0.454 e. The zero-order chi connectivity index (χ0) is 25.4. The normalized spacial score (nSPS) is 17.4. The molecule has 0 atom stereocenters. The molecule has 2 heterocycles. The smallest absolute Gasteiger partial charge is 0.321 e. The van der Waals surface area contributed by atoms with Gasteiger partial charge in [-0.25, -0.2) is 4.79 Å². The third-order valence-electron chi connectivity index (χ3n) is 7.62. The number of benzene rings is 3. The van der Waals surface area contributed by atoms with Crippen LogP contribution in [-0.2, 0) is 21.4 Å². The third-order valence-corrected chi connectivity index (χ3v) is 7.62. The molecule has 0 unspecified atom stereocenters. The summed E-state index contributed by atoms with van der Waals surface area (Å²) in [4.78, 5) is 27.7. The molecule has 1 saturated heterocycles. The van der Waals surface area contributed by atoms with E-state index in [1.165, 1.54) is 0 Å². The highest BCUT2D eigenvalue weighted by atomic mass is 16.7. The number of ether oxygens (including phenoxy) is 3. The summed E-state index contributed by atoms with van der Waals surface area (Å²) in [7, 11) is 0. The molecule has 2 aliphatic heterocycles. The maximum Gasteiger partial charge on any atom is 0.321 e. The van der Waals surface area contributed by atoms with Crippen LogP contribution < -0.4 is 14.8 Å². The number of nitrogens with one attached hydrogen (secondary N) is 1. The number of rotatable bonds is 6. The number of ketones is 1. The molecule has 37 heavy (non-hydrogen) atoms. The van der Waals surface area contributed by atoms with Crippen molar-refractivity contribution >= 4 is 17.5 Å². The molecule has 6 rings (SSSR count). The number of hydrogen-bond acceptors (Lipinski definition) is 5. The first kappa shape index (κ1) is 23.6. The Hall–Kier alpha value is -3.84. The second-order valence-corrected chi connectivity index (χ2v) is 10.0. The monoisotopic (exact) mass is 498 g/mol. The van der Waals surface area contributed by atoms with E-state index in [0.29, 0.717) is 32.7 Å². The predicted octanol–water partition coefficient (Wildman–Crippen LogP) is 5.10. The van der Waals surface area contributed by atoms with Crippen LogP contribution in [0.1, 0.15) is 29.5 Å². The Morgan fingerprint density at radius 3 is 2.43 bits per heavy atom. The number of fused-ring (bicyclic) bond motifs is 1. The van der Waals surface area contributed by atoms with Gasteiger partial charge in [0.15, 0.2) is 11.5 Å². The molecule has 3 aliphatic rings. The van der Waals surface area contributed by atoms with E-state index < -0.39 is 5.41 Å². The standard InChI is InChI=1S/C30H30N2O5/c1-20-2-3-21(17-28(33)30(10-11-30)23-6-9-26-27(18-23)37-19-36-26)16-25(20)22-4-7-24(8-5-22)31-29(34)32-12-14-35-15-13-32/h2-9,16,18H,10-15,17,19H2,1H3,(H,31,34). The van der Waals surface area contributed by atoms with Crippen molar-refractivity contribution in [1.29, 1.82) is 0 Å². The number of amides is 2. The van der Waals surface area contributed by atoms with Crippen molar-refractivity contribution in [2.24, 2.45) is 0 Å². The lowest BCUT2D eigenvalue weighted by Gasteiger charge is -2.26. The van der Waals surface area contributed by atoms with Crippen molar-refractivity contribution in [1.82, 2.24) is 4.90 Å². The quantitative estimate of drug-likeness (QED) is 0.512. The number of aryl methyl sites for hydroxylation is 1. The first-order chi connectivity index (χ1) is 18.0. The molecule has 0 radical (unpaired) electrons. The van der Waals surface area contributed by atoms with Crippen LogP contribution in [0.15, 0.2) is 60.7 Å². The summed E-state index contributed by atoms with van der Waals surface area (Å²) in [6, 6.07) is 19.9. The molecule has 1 N–H and O–H groups in total. The van der Waals surface area contributed by atoms with E-state index in [-0.39, 0.29) is 18.6 Å². The number of morpholine rings is 1. The molecule has 0 spiro atoms. The highest BCUT2D eigenvalue weighted by Crippen LogP contribution is 2.51. The van der Waals surface area contributed by atoms with E-state index in [1.807, 2.05) is 48.5 Å². The fourth-order valence-electron chi connectivity index (χ4n) is 5.19. The highest BCUT2D eigenvalue weighted by molar-refractivity contribution is 5.95. The maximum absolute atomic E-state index is 13.5. The summed E-state index contributed by atoms with van der Waals surface area (Å²) in [5.41, 5.74) is 5.62. The van der Waals surface area contributed by atoms with Crippen LogP contribution in [0.3, 0.4) is 0 Å². The molecule has 7 nitrogen and oxygen atoms in total. The Morgan fingerprint density at radius 2 is 1.68 bits per heavy atom. The van der Waals surface area contributed by atoms with Gasteiger partial charge in [-0.2, -0.15) is 0 Å². The second-order valence-electron chi connectivity index (χ2n) is 10.0. The van der Waals surface area contributed by atoms with Crippen LogP contribution in [0.25, 0.3) is 11.1 Å². The molecule has 3 aromatic rings. The van der Waals surface area contributed by atoms with Gasteiger partial charge < -0.3 is 24.4 Å². The summed E-state index contributed by atoms with van der Waals surface area (Å²) in [5, 5.41) is 2.97. The molecule has 0 bridgehead atoms. The molecular formula is C30H30N2O5. The van der Waals surface area contributed by atoms with Crippen LogP contribution >= 0.6 is 0 Å². The van der Waals surface area contributed by atoms with Crippen LogP contribution in [0.4, 0.5) is 10.5 Å². The Labute approximate surface area is 216 Å². The van der Waals surface area contributed by atoms with Crippen molar-refractivity contribution < 1.29 is 23.8 Å². The predicted molar refractivity (Wildman–Crippen MR) is 140 cm³/mol. The van der Waals surface area contributed by atoms with Crippen molar-refractivity contribution in [2.45, 2.75) is 31.6 Å². The number of anilines is 1. The van der Waals surface area contributed by atoms with Gasteiger partial charge in [0, 0.05) is 25.2 Å². The van der Waals surface area contributed by atoms with Crippen LogP contribution in [0.5, 0.6) is 11.5 Å². The summed E-state index contributed by atoms with van der Waals surface area (Å²) in [6.45, 7) is 4.65. The van der Waals surface area contributed by atoms with E-state index in [0.717, 1.165) is 57.8 Å². The Bertz CT molecular complexity index is 1340. The van der Waals surface area contributed by atoms with Crippen molar-refractivity contribution in [3.63, 3.8) is 0 Å². The number of hydrogen-bond donors (Lipinski definition) is 1. The number of Topliss-reactive ketones (excluding diaryl/α,β-unsaturated/α-hetero) is 1. The zero-order valence-electron chi connectivity index (χ0n) is 20.9. The lowest BCUT2D eigenvalue weighted by atomic mass is 9.87. The van der Waals surface area contributed by atoms with Gasteiger partial charge in [-0.15, -0.1) is 0 Å². The summed E-state index contributed by atoms with van der Waals surface area (Å²) in [6.07, 6.45) is 2.11. The van der Waals surface area contributed by atoms with Crippen molar-refractivity contribution in [3.05, 3.63) is 77.4 Å². The third kappa shape index (κ3) is 4.67. The second kappa shape index (κ2) is 9.56. The van der Waals surface area contributed by atoms with Crippen LogP contribution in [0, 0.1) is 6.92 Å². The Balaban J connectivity index is 1.16. The van der Waals surface area contributed by atoms with Crippen LogP contribution in [0.2, 0.25) is 0 Å². The Morgan fingerprint density at radius 1 is 0.919 bits per heavy atom. The molecule has 1 saturated carbocycles. The van der Waals surface area contributed by atoms with E-state index in [4.69, 9.17) is 14.2 Å². The number of carbonyl (C=O) groups excluding carboxylic acids is 2. The average molecular weight is 499 g/mol. The fourth-order valence-corrected chi connectivity index (χ4v) is 5.19. The number of nitrogens with zero attached hydrogens (tertiary/aromatic N) is 1. The number of urea groups is 1. The molecule has 1 aliphatic carbocycles. The van der Waals surface area contributed by atoms with Crippen molar-refractivity contribution in [2.75, 3.05) is 38.4 Å². The first-order valence-corrected chi connectivity index (χ1v) is 12.8. The molecular weight excluding hydrogens is 468 g/mol. The lowest BCUT2D eigenvalue weighted by molar-refractivity contribution is -0.120. The zero-order valence-corrected chi connectivity index (χ0v) is 20.9. The van der Waals surface area contributed by atoms with Gasteiger partial charge >= 0.3 is 6.03 Å². The first-order valence-electron chi connectivity index (χ1n) is 12.8. The van der Waals surface area contributed by atoms with Gasteiger partial charge in [0.1, 0.15) is 5.78 Å². The van der Waals surface area contributed by atoms with Gasteiger partial charge in [0.25, 0.3) is 0 Å². The minimum absolute atomic E-state index is 0.107. The molecule has 190 valence electrons. The average Bonchev–Trinajstić information content (AvgIpc) is 3.61. The molecule has 2 amide bonds. The van der Waals surface area contributed by atoms with E-state index in [9.17, 15) is 9.59 Å². The van der Waals surface area contributed by atoms with Gasteiger partial charge in [0.05, 0.1) is 18.6 Å². The van der Waals surface area contributed by atoms with Crippen LogP contribution in [-0.4, -0.2) is 49.8 Å². The van der Waals surface area contributed by atoms with Gasteiger partial charge in [-0.05, 0) is 71.8 Å². The SMILES string of the molecule is Cc1ccc(CC(=O)C2(c3ccc4c(c3)OCO4)CC2)cc1-c1ccc(NC(=O)N2CCOCC2)cc1. The van der Waals surface area contributed by atoms with Gasteiger partial charge in [-0.1, -0.05) is 36.4 Å². The topological polar surface area (TPSA) is 77.1 Å². The fraction of sp³-hybridized carbons (Fsp3) is 0.333. The van der Waals surface area contributed by atoms with Gasteiger partial charge in [0.2, 0.25) is 6.79 Å².